The van der Waals surface area contributed by atoms with Gasteiger partial charge in [0.15, 0.2) is 5.78 Å². The molecule has 0 spiro atoms. The van der Waals surface area contributed by atoms with Gasteiger partial charge in [-0.1, -0.05) is 6.07 Å². The fourth-order valence-electron chi connectivity index (χ4n) is 1.95. The molecule has 1 aromatic heterocycles. The quantitative estimate of drug-likeness (QED) is 0.821. The molecule has 0 amide bonds. The molecule has 0 aliphatic carbocycles. The van der Waals surface area contributed by atoms with E-state index in [1.807, 2.05) is 25.1 Å². The molecule has 0 radical (unpaired) electrons. The van der Waals surface area contributed by atoms with Crippen molar-refractivity contribution in [3.05, 3.63) is 29.5 Å². The van der Waals surface area contributed by atoms with Crippen LogP contribution in [-0.4, -0.2) is 17.9 Å². The molecule has 2 rings (SSSR count). The van der Waals surface area contributed by atoms with Crippen LogP contribution in [-0.2, 0) is 0 Å². The van der Waals surface area contributed by atoms with Crippen molar-refractivity contribution in [3.8, 4) is 11.8 Å². The standard InChI is InChI=1S/C13H12N2O2/c1-8-3-4-11(17-2)13-12(8)9(7-15-13)10(16)5-6-14/h3-4,7,15H,5H2,1-2H3. The third-order valence-corrected chi connectivity index (χ3v) is 2.77. The maximum Gasteiger partial charge on any atom is 0.179 e. The number of nitrogens with one attached hydrogen (secondary N) is 1. The normalized spacial score (nSPS) is 10.2. The fraction of sp³-hybridized carbons (Fsp3) is 0.231. The second kappa shape index (κ2) is 4.30. The highest BCUT2D eigenvalue weighted by molar-refractivity contribution is 6.10. The van der Waals surface area contributed by atoms with Crippen molar-refractivity contribution in [1.29, 1.82) is 5.26 Å². The monoisotopic (exact) mass is 228 g/mol. The van der Waals surface area contributed by atoms with E-state index in [0.29, 0.717) is 11.3 Å². The number of nitriles is 1. The summed E-state index contributed by atoms with van der Waals surface area (Å²) in [6.07, 6.45) is 1.53. The lowest BCUT2D eigenvalue weighted by molar-refractivity contribution is 0.0999. The summed E-state index contributed by atoms with van der Waals surface area (Å²) in [5.74, 6) is 0.525. The molecule has 0 saturated heterocycles. The lowest BCUT2D eigenvalue weighted by Gasteiger charge is -2.04. The number of methoxy groups -OCH3 is 1. The zero-order valence-electron chi connectivity index (χ0n) is 9.70. The molecule has 0 unspecified atom stereocenters. The average molecular weight is 228 g/mol. The molecular formula is C13H12N2O2. The summed E-state index contributed by atoms with van der Waals surface area (Å²) in [7, 11) is 1.59. The van der Waals surface area contributed by atoms with Crippen LogP contribution >= 0.6 is 0 Å². The summed E-state index contributed by atoms with van der Waals surface area (Å²) in [6, 6.07) is 5.63. The van der Waals surface area contributed by atoms with Crippen molar-refractivity contribution in [3.63, 3.8) is 0 Å². The van der Waals surface area contributed by atoms with Gasteiger partial charge in [-0.2, -0.15) is 5.26 Å². The third kappa shape index (κ3) is 1.76. The minimum Gasteiger partial charge on any atom is -0.495 e. The minimum atomic E-state index is -0.171. The molecular weight excluding hydrogens is 216 g/mol. The molecule has 17 heavy (non-hydrogen) atoms. The van der Waals surface area contributed by atoms with E-state index in [4.69, 9.17) is 10.00 Å². The van der Waals surface area contributed by atoms with E-state index in [1.165, 1.54) is 0 Å². The van der Waals surface area contributed by atoms with E-state index >= 15 is 0 Å². The van der Waals surface area contributed by atoms with E-state index in [0.717, 1.165) is 16.5 Å². The van der Waals surface area contributed by atoms with Crippen molar-refractivity contribution in [2.75, 3.05) is 7.11 Å². The molecule has 2 aromatic rings. The molecule has 0 aliphatic heterocycles. The van der Waals surface area contributed by atoms with Crippen LogP contribution in [0.25, 0.3) is 10.9 Å². The van der Waals surface area contributed by atoms with Crippen LogP contribution in [0.1, 0.15) is 22.3 Å². The molecule has 4 nitrogen and oxygen atoms in total. The first-order valence-corrected chi connectivity index (χ1v) is 5.24. The molecule has 0 atom stereocenters. The number of carbonyl (C=O) groups is 1. The first-order valence-electron chi connectivity index (χ1n) is 5.24. The van der Waals surface area contributed by atoms with Gasteiger partial charge in [0.05, 0.1) is 25.1 Å². The molecule has 1 N–H and O–H groups in total. The van der Waals surface area contributed by atoms with Crippen molar-refractivity contribution >= 4 is 16.7 Å². The molecule has 0 saturated carbocycles. The second-order valence-corrected chi connectivity index (χ2v) is 3.80. The van der Waals surface area contributed by atoms with Gasteiger partial charge in [-0.3, -0.25) is 4.79 Å². The van der Waals surface area contributed by atoms with Gasteiger partial charge >= 0.3 is 0 Å². The van der Waals surface area contributed by atoms with E-state index in [9.17, 15) is 4.79 Å². The highest BCUT2D eigenvalue weighted by atomic mass is 16.5. The highest BCUT2D eigenvalue weighted by Crippen LogP contribution is 2.30. The number of ketones is 1. The van der Waals surface area contributed by atoms with Gasteiger partial charge in [-0.05, 0) is 18.6 Å². The average Bonchev–Trinajstić information content (AvgIpc) is 2.75. The predicted molar refractivity (Wildman–Crippen MR) is 64.1 cm³/mol. The molecule has 0 bridgehead atoms. The van der Waals surface area contributed by atoms with Crippen LogP contribution in [0.4, 0.5) is 0 Å². The zero-order valence-corrected chi connectivity index (χ0v) is 9.70. The number of aromatic amines is 1. The van der Waals surface area contributed by atoms with Crippen molar-refractivity contribution in [2.45, 2.75) is 13.3 Å². The van der Waals surface area contributed by atoms with E-state index < -0.39 is 0 Å². The van der Waals surface area contributed by atoms with Crippen LogP contribution in [0, 0.1) is 18.3 Å². The Morgan fingerprint density at radius 2 is 2.29 bits per heavy atom. The summed E-state index contributed by atoms with van der Waals surface area (Å²) >= 11 is 0. The highest BCUT2D eigenvalue weighted by Gasteiger charge is 2.15. The summed E-state index contributed by atoms with van der Waals surface area (Å²) in [6.45, 7) is 1.93. The number of aryl methyl sites for hydroxylation is 1. The number of Topliss-reactive ketones (excluding diaryl/α,β-unsaturated/α-hetero) is 1. The fourth-order valence-corrected chi connectivity index (χ4v) is 1.95. The molecule has 1 heterocycles. The summed E-state index contributed by atoms with van der Waals surface area (Å²) < 4.78 is 5.23. The number of rotatable bonds is 3. The van der Waals surface area contributed by atoms with Crippen LogP contribution in [0.15, 0.2) is 18.3 Å². The smallest absolute Gasteiger partial charge is 0.179 e. The second-order valence-electron chi connectivity index (χ2n) is 3.80. The van der Waals surface area contributed by atoms with Gasteiger partial charge in [0.25, 0.3) is 0 Å². The van der Waals surface area contributed by atoms with E-state index in [1.54, 1.807) is 13.3 Å². The summed E-state index contributed by atoms with van der Waals surface area (Å²) in [5, 5.41) is 9.41. The maximum atomic E-state index is 11.8. The lowest BCUT2D eigenvalue weighted by Crippen LogP contribution is -1.96. The third-order valence-electron chi connectivity index (χ3n) is 2.77. The number of carbonyl (C=O) groups excluding carboxylic acids is 1. The van der Waals surface area contributed by atoms with Gasteiger partial charge in [0.2, 0.25) is 0 Å². The van der Waals surface area contributed by atoms with Crippen LogP contribution in [0.2, 0.25) is 0 Å². The minimum absolute atomic E-state index is 0.108. The Bertz CT molecular complexity index is 620. The largest absolute Gasteiger partial charge is 0.495 e. The SMILES string of the molecule is COc1ccc(C)c2c(C(=O)CC#N)c[nH]c12. The molecule has 0 fully saturated rings. The Kier molecular flexibility index (Phi) is 2.84. The van der Waals surface area contributed by atoms with Crippen molar-refractivity contribution < 1.29 is 9.53 Å². The number of ether oxygens (including phenoxy) is 1. The Morgan fingerprint density at radius 3 is 2.94 bits per heavy atom. The lowest BCUT2D eigenvalue weighted by atomic mass is 10.0. The Balaban J connectivity index is 2.68. The maximum absolute atomic E-state index is 11.8. The van der Waals surface area contributed by atoms with Crippen LogP contribution in [0.3, 0.4) is 0 Å². The molecule has 86 valence electrons. The van der Waals surface area contributed by atoms with E-state index in [2.05, 4.69) is 4.98 Å². The van der Waals surface area contributed by atoms with Gasteiger partial charge in [0.1, 0.15) is 5.75 Å². The van der Waals surface area contributed by atoms with Gasteiger partial charge in [-0.15, -0.1) is 0 Å². The molecule has 1 aromatic carbocycles. The first-order chi connectivity index (χ1) is 8.19. The van der Waals surface area contributed by atoms with Gasteiger partial charge in [-0.25, -0.2) is 0 Å². The number of hydrogen-bond donors (Lipinski definition) is 1. The summed E-state index contributed by atoms with van der Waals surface area (Å²) in [4.78, 5) is 14.8. The molecule has 0 aliphatic rings. The summed E-state index contributed by atoms with van der Waals surface area (Å²) in [5.41, 5.74) is 2.34. The molecule has 4 heteroatoms. The topological polar surface area (TPSA) is 65.9 Å². The number of H-pyrrole nitrogens is 1. The Labute approximate surface area is 98.8 Å². The Morgan fingerprint density at radius 1 is 1.53 bits per heavy atom. The number of aromatic nitrogens is 1. The van der Waals surface area contributed by atoms with Crippen LogP contribution in [0.5, 0.6) is 5.75 Å². The first kappa shape index (κ1) is 11.2. The van der Waals surface area contributed by atoms with Crippen molar-refractivity contribution in [2.24, 2.45) is 0 Å². The zero-order chi connectivity index (χ0) is 12.4. The van der Waals surface area contributed by atoms with Gasteiger partial charge in [0, 0.05) is 17.1 Å². The number of benzene rings is 1. The van der Waals surface area contributed by atoms with Crippen molar-refractivity contribution in [1.82, 2.24) is 4.98 Å². The predicted octanol–water partition coefficient (Wildman–Crippen LogP) is 2.58. The van der Waals surface area contributed by atoms with Gasteiger partial charge < -0.3 is 9.72 Å². The number of nitrogens with zero attached hydrogens (tertiary/aromatic N) is 1. The van der Waals surface area contributed by atoms with Crippen LogP contribution < -0.4 is 4.74 Å². The van der Waals surface area contributed by atoms with E-state index in [-0.39, 0.29) is 12.2 Å². The number of hydrogen-bond acceptors (Lipinski definition) is 3. The number of fused-ring (bicyclic) bond motifs is 1. The Hall–Kier alpha value is -2.28.